The number of likely N-dealkylation sites (tertiary alicyclic amines) is 1. The van der Waals surface area contributed by atoms with Crippen molar-refractivity contribution in [2.75, 3.05) is 40.0 Å². The van der Waals surface area contributed by atoms with Crippen molar-refractivity contribution in [3.05, 3.63) is 58.6 Å². The fourth-order valence-electron chi connectivity index (χ4n) is 4.92. The number of carbonyl (C=O) groups is 1. The maximum absolute atomic E-state index is 12.6. The molecule has 1 aromatic carbocycles. The summed E-state index contributed by atoms with van der Waals surface area (Å²) < 4.78 is 18.2. The second kappa shape index (κ2) is 10.4. The standard InChI is InChI=1S/C26H30N4O6/c1-34-21-4-2-18-3-5-25(31)29(22(18)15-21)11-10-28-8-6-20(7-9-28)30(26(32)33)17-19-14-23-24(16-27-19)36-13-12-35-23/h2-5,14-16,20H,6-13,17H2,1H3,(H,32,33). The average molecular weight is 495 g/mol. The molecule has 0 saturated carbocycles. The summed E-state index contributed by atoms with van der Waals surface area (Å²) in [6.45, 7) is 3.92. The van der Waals surface area contributed by atoms with Gasteiger partial charge in [-0.15, -0.1) is 0 Å². The molecule has 1 saturated heterocycles. The number of aromatic nitrogens is 2. The number of hydrogen-bond donors (Lipinski definition) is 1. The topological polar surface area (TPSA) is 106 Å². The van der Waals surface area contributed by atoms with E-state index in [4.69, 9.17) is 14.2 Å². The third-order valence-corrected chi connectivity index (χ3v) is 6.90. The highest BCUT2D eigenvalue weighted by Gasteiger charge is 2.28. The average Bonchev–Trinajstić information content (AvgIpc) is 2.91. The van der Waals surface area contributed by atoms with E-state index in [1.807, 2.05) is 24.3 Å². The second-order valence-electron chi connectivity index (χ2n) is 9.05. The molecule has 5 rings (SSSR count). The van der Waals surface area contributed by atoms with Crippen LogP contribution in [0.2, 0.25) is 0 Å². The molecular formula is C26H30N4O6. The number of benzene rings is 1. The van der Waals surface area contributed by atoms with Crippen LogP contribution in [0.15, 0.2) is 47.4 Å². The molecule has 0 radical (unpaired) electrons. The Hall–Kier alpha value is -3.79. The van der Waals surface area contributed by atoms with Crippen LogP contribution in [0.1, 0.15) is 18.5 Å². The molecule has 2 aliphatic heterocycles. The first-order valence-electron chi connectivity index (χ1n) is 12.2. The summed E-state index contributed by atoms with van der Waals surface area (Å²) in [6.07, 6.45) is 2.07. The zero-order valence-corrected chi connectivity index (χ0v) is 20.3. The highest BCUT2D eigenvalue weighted by atomic mass is 16.6. The number of methoxy groups -OCH3 is 1. The molecule has 1 N–H and O–H groups in total. The van der Waals surface area contributed by atoms with Crippen LogP contribution in [0.3, 0.4) is 0 Å². The number of nitrogens with zero attached hydrogens (tertiary/aromatic N) is 4. The van der Waals surface area contributed by atoms with Gasteiger partial charge < -0.3 is 28.8 Å². The number of amides is 1. The molecule has 0 bridgehead atoms. The van der Waals surface area contributed by atoms with Crippen molar-refractivity contribution in [2.45, 2.75) is 32.0 Å². The largest absolute Gasteiger partial charge is 0.497 e. The Morgan fingerprint density at radius 1 is 1.11 bits per heavy atom. The predicted octanol–water partition coefficient (Wildman–Crippen LogP) is 2.82. The first kappa shape index (κ1) is 23.9. The van der Waals surface area contributed by atoms with Gasteiger partial charge in [0.25, 0.3) is 5.56 Å². The Balaban J connectivity index is 1.21. The Labute approximate surface area is 208 Å². The molecule has 190 valence electrons. The molecule has 1 amide bonds. The van der Waals surface area contributed by atoms with Crippen LogP contribution >= 0.6 is 0 Å². The molecule has 0 spiro atoms. The number of piperidine rings is 1. The molecule has 1 fully saturated rings. The first-order chi connectivity index (χ1) is 17.5. The predicted molar refractivity (Wildman–Crippen MR) is 133 cm³/mol. The summed E-state index contributed by atoms with van der Waals surface area (Å²) in [7, 11) is 1.61. The highest BCUT2D eigenvalue weighted by molar-refractivity contribution is 5.80. The van der Waals surface area contributed by atoms with Crippen LogP contribution in [0, 0.1) is 0 Å². The Kier molecular flexibility index (Phi) is 6.95. The molecular weight excluding hydrogens is 464 g/mol. The van der Waals surface area contributed by atoms with Crippen molar-refractivity contribution in [1.29, 1.82) is 0 Å². The van der Waals surface area contributed by atoms with Gasteiger partial charge in [-0.05, 0) is 36.4 Å². The quantitative estimate of drug-likeness (QED) is 0.535. The fourth-order valence-corrected chi connectivity index (χ4v) is 4.92. The van der Waals surface area contributed by atoms with E-state index < -0.39 is 6.09 Å². The van der Waals surface area contributed by atoms with Gasteiger partial charge >= 0.3 is 6.09 Å². The van der Waals surface area contributed by atoms with Crippen molar-refractivity contribution in [1.82, 2.24) is 19.4 Å². The lowest BCUT2D eigenvalue weighted by atomic mass is 10.0. The molecule has 10 heteroatoms. The number of pyridine rings is 2. The third kappa shape index (κ3) is 5.08. The Morgan fingerprint density at radius 3 is 2.61 bits per heavy atom. The van der Waals surface area contributed by atoms with Crippen molar-refractivity contribution in [2.24, 2.45) is 0 Å². The molecule has 2 aliphatic rings. The lowest BCUT2D eigenvalue weighted by Crippen LogP contribution is -2.47. The van der Waals surface area contributed by atoms with Crippen molar-refractivity contribution >= 4 is 17.0 Å². The van der Waals surface area contributed by atoms with Crippen LogP contribution in [-0.4, -0.2) is 76.6 Å². The van der Waals surface area contributed by atoms with Gasteiger partial charge in [-0.1, -0.05) is 0 Å². The molecule has 3 aromatic rings. The summed E-state index contributed by atoms with van der Waals surface area (Å²) in [5.74, 6) is 1.90. The van der Waals surface area contributed by atoms with Crippen molar-refractivity contribution < 1.29 is 24.1 Å². The molecule has 0 atom stereocenters. The minimum absolute atomic E-state index is 0.0466. The van der Waals surface area contributed by atoms with Gasteiger partial charge in [0.1, 0.15) is 19.0 Å². The summed E-state index contributed by atoms with van der Waals surface area (Å²) in [4.78, 5) is 32.8. The van der Waals surface area contributed by atoms with Gasteiger partial charge in [0, 0.05) is 50.4 Å². The Morgan fingerprint density at radius 2 is 1.86 bits per heavy atom. The van der Waals surface area contributed by atoms with Crippen molar-refractivity contribution in [3.8, 4) is 17.2 Å². The molecule has 4 heterocycles. The SMILES string of the molecule is COc1ccc2ccc(=O)n(CCN3CCC(N(Cc4cc5c(cn4)OCCO5)C(=O)O)CC3)c2c1. The van der Waals surface area contributed by atoms with Gasteiger partial charge in [0.05, 0.1) is 31.1 Å². The summed E-state index contributed by atoms with van der Waals surface area (Å²) in [5, 5.41) is 10.9. The number of hydrogen-bond acceptors (Lipinski definition) is 7. The van der Waals surface area contributed by atoms with E-state index in [-0.39, 0.29) is 18.1 Å². The maximum atomic E-state index is 12.6. The first-order valence-corrected chi connectivity index (χ1v) is 12.2. The molecule has 2 aromatic heterocycles. The van der Waals surface area contributed by atoms with E-state index in [2.05, 4.69) is 9.88 Å². The summed E-state index contributed by atoms with van der Waals surface area (Å²) >= 11 is 0. The van der Waals surface area contributed by atoms with E-state index in [0.29, 0.717) is 49.2 Å². The van der Waals surface area contributed by atoms with Crippen LogP contribution in [-0.2, 0) is 13.1 Å². The third-order valence-electron chi connectivity index (χ3n) is 6.90. The smallest absolute Gasteiger partial charge is 0.407 e. The van der Waals surface area contributed by atoms with Gasteiger partial charge in [-0.3, -0.25) is 14.7 Å². The van der Waals surface area contributed by atoms with E-state index in [9.17, 15) is 14.7 Å². The van der Waals surface area contributed by atoms with Crippen molar-refractivity contribution in [3.63, 3.8) is 0 Å². The molecule has 0 aliphatic carbocycles. The summed E-state index contributed by atoms with van der Waals surface area (Å²) in [5.41, 5.74) is 1.44. The monoisotopic (exact) mass is 494 g/mol. The second-order valence-corrected chi connectivity index (χ2v) is 9.05. The zero-order valence-electron chi connectivity index (χ0n) is 20.3. The van der Waals surface area contributed by atoms with Gasteiger partial charge in [-0.2, -0.15) is 0 Å². The zero-order chi connectivity index (χ0) is 25.1. The van der Waals surface area contributed by atoms with E-state index in [1.165, 1.54) is 4.90 Å². The molecule has 36 heavy (non-hydrogen) atoms. The van der Waals surface area contributed by atoms with Gasteiger partial charge in [0.2, 0.25) is 0 Å². The van der Waals surface area contributed by atoms with Crippen LogP contribution in [0.4, 0.5) is 4.79 Å². The van der Waals surface area contributed by atoms with Gasteiger partial charge in [-0.25, -0.2) is 4.79 Å². The summed E-state index contributed by atoms with van der Waals surface area (Å²) in [6, 6.07) is 10.8. The lowest BCUT2D eigenvalue weighted by molar-refractivity contribution is 0.0848. The van der Waals surface area contributed by atoms with Gasteiger partial charge in [0.15, 0.2) is 11.5 Å². The molecule has 10 nitrogen and oxygen atoms in total. The van der Waals surface area contributed by atoms with Crippen LogP contribution in [0.25, 0.3) is 10.9 Å². The molecule has 0 unspecified atom stereocenters. The van der Waals surface area contributed by atoms with E-state index >= 15 is 0 Å². The maximum Gasteiger partial charge on any atom is 0.407 e. The lowest BCUT2D eigenvalue weighted by Gasteiger charge is -2.37. The number of fused-ring (bicyclic) bond motifs is 2. The number of rotatable bonds is 7. The Bertz CT molecular complexity index is 1300. The van der Waals surface area contributed by atoms with E-state index in [0.717, 1.165) is 36.8 Å². The minimum Gasteiger partial charge on any atom is -0.497 e. The number of ether oxygens (including phenoxy) is 3. The van der Waals surface area contributed by atoms with Crippen LogP contribution < -0.4 is 19.8 Å². The minimum atomic E-state index is -0.957. The fraction of sp³-hybridized carbons (Fsp3) is 0.423. The number of carboxylic acid groups (broad SMARTS) is 1. The highest BCUT2D eigenvalue weighted by Crippen LogP contribution is 2.30. The normalized spacial score (nSPS) is 16.1. The van der Waals surface area contributed by atoms with E-state index in [1.54, 1.807) is 30.0 Å². The van der Waals surface area contributed by atoms with Crippen LogP contribution in [0.5, 0.6) is 17.2 Å².